The molecule has 3 aromatic carbocycles. The normalized spacial score (nSPS) is 10.2. The molecule has 0 fully saturated rings. The van der Waals surface area contributed by atoms with E-state index in [4.69, 9.17) is 11.6 Å². The summed E-state index contributed by atoms with van der Waals surface area (Å²) in [5, 5.41) is 19.6. The van der Waals surface area contributed by atoms with Crippen molar-refractivity contribution in [1.82, 2.24) is 5.32 Å². The predicted octanol–water partition coefficient (Wildman–Crippen LogP) is 4.23. The molecule has 0 spiro atoms. The number of amides is 2. The number of hydrogen-bond donors (Lipinski definition) is 3. The molecule has 0 saturated carbocycles. The second-order valence-electron chi connectivity index (χ2n) is 6.57. The van der Waals surface area contributed by atoms with Gasteiger partial charge < -0.3 is 16.0 Å². The van der Waals surface area contributed by atoms with E-state index in [2.05, 4.69) is 16.0 Å². The summed E-state index contributed by atoms with van der Waals surface area (Å²) in [6.07, 6.45) is 0. The predicted molar refractivity (Wildman–Crippen MR) is 119 cm³/mol. The number of nitro groups is 1. The van der Waals surface area contributed by atoms with Crippen LogP contribution in [-0.4, -0.2) is 23.3 Å². The summed E-state index contributed by atoms with van der Waals surface area (Å²) in [6.45, 7) is 0.309. The number of nitro benzene ring substituents is 1. The zero-order chi connectivity index (χ0) is 22.2. The van der Waals surface area contributed by atoms with E-state index in [1.807, 2.05) is 30.3 Å². The highest BCUT2D eigenvalue weighted by molar-refractivity contribution is 6.33. The monoisotopic (exact) mass is 438 g/mol. The van der Waals surface area contributed by atoms with Gasteiger partial charge in [0.2, 0.25) is 5.91 Å². The van der Waals surface area contributed by atoms with Crippen LogP contribution in [0.15, 0.2) is 72.8 Å². The van der Waals surface area contributed by atoms with Crippen LogP contribution in [0.4, 0.5) is 17.1 Å². The number of hydrogen-bond acceptors (Lipinski definition) is 5. The number of nitrogens with one attached hydrogen (secondary N) is 3. The summed E-state index contributed by atoms with van der Waals surface area (Å²) in [5.74, 6) is -1.04. The SMILES string of the molecule is O=C(CNC(=O)c1cccc([N+](=O)[O-])c1)Nc1ccc(NCc2ccccc2)c(Cl)c1. The Kier molecular flexibility index (Phi) is 7.18. The molecule has 2 amide bonds. The molecular formula is C22H19ClN4O4. The van der Waals surface area contributed by atoms with Crippen LogP contribution in [0.3, 0.4) is 0 Å². The van der Waals surface area contributed by atoms with Crippen molar-refractivity contribution in [3.05, 3.63) is 99.1 Å². The van der Waals surface area contributed by atoms with Crippen LogP contribution in [0.1, 0.15) is 15.9 Å². The Balaban J connectivity index is 1.52. The van der Waals surface area contributed by atoms with Crippen LogP contribution in [0.5, 0.6) is 0 Å². The Hall–Kier alpha value is -3.91. The fourth-order valence-electron chi connectivity index (χ4n) is 2.76. The van der Waals surface area contributed by atoms with Gasteiger partial charge in [0, 0.05) is 29.9 Å². The second kappa shape index (κ2) is 10.2. The van der Waals surface area contributed by atoms with E-state index in [9.17, 15) is 19.7 Å². The van der Waals surface area contributed by atoms with Crippen molar-refractivity contribution in [3.63, 3.8) is 0 Å². The van der Waals surface area contributed by atoms with E-state index in [0.29, 0.717) is 17.3 Å². The van der Waals surface area contributed by atoms with Crippen LogP contribution < -0.4 is 16.0 Å². The summed E-state index contributed by atoms with van der Waals surface area (Å²) in [7, 11) is 0. The third-order valence-corrected chi connectivity index (χ3v) is 4.62. The molecule has 0 saturated heterocycles. The van der Waals surface area contributed by atoms with Crippen molar-refractivity contribution in [2.24, 2.45) is 0 Å². The summed E-state index contributed by atoms with van der Waals surface area (Å²) < 4.78 is 0. The molecule has 0 heterocycles. The molecule has 3 rings (SSSR count). The summed E-state index contributed by atoms with van der Waals surface area (Å²) >= 11 is 6.29. The first-order chi connectivity index (χ1) is 14.9. The lowest BCUT2D eigenvalue weighted by Gasteiger charge is -2.11. The lowest BCUT2D eigenvalue weighted by molar-refractivity contribution is -0.384. The van der Waals surface area contributed by atoms with Crippen molar-refractivity contribution < 1.29 is 14.5 Å². The maximum atomic E-state index is 12.1. The highest BCUT2D eigenvalue weighted by atomic mass is 35.5. The minimum absolute atomic E-state index is 0.0962. The number of rotatable bonds is 8. The van der Waals surface area contributed by atoms with E-state index < -0.39 is 16.7 Å². The van der Waals surface area contributed by atoms with Gasteiger partial charge in [-0.15, -0.1) is 0 Å². The molecular weight excluding hydrogens is 420 g/mol. The van der Waals surface area contributed by atoms with E-state index >= 15 is 0 Å². The minimum atomic E-state index is -0.592. The van der Waals surface area contributed by atoms with E-state index in [1.54, 1.807) is 18.2 Å². The third kappa shape index (κ3) is 6.28. The largest absolute Gasteiger partial charge is 0.380 e. The number of carbonyl (C=O) groups excluding carboxylic acids is 2. The van der Waals surface area contributed by atoms with Gasteiger partial charge in [0.05, 0.1) is 22.2 Å². The van der Waals surface area contributed by atoms with Gasteiger partial charge in [-0.3, -0.25) is 19.7 Å². The van der Waals surface area contributed by atoms with E-state index in [-0.39, 0.29) is 17.8 Å². The van der Waals surface area contributed by atoms with Gasteiger partial charge in [-0.05, 0) is 29.8 Å². The number of halogens is 1. The Morgan fingerprint density at radius 3 is 2.45 bits per heavy atom. The van der Waals surface area contributed by atoms with Crippen molar-refractivity contribution in [2.45, 2.75) is 6.54 Å². The minimum Gasteiger partial charge on any atom is -0.380 e. The smallest absolute Gasteiger partial charge is 0.270 e. The lowest BCUT2D eigenvalue weighted by Crippen LogP contribution is -2.32. The molecule has 3 N–H and O–H groups in total. The fourth-order valence-corrected chi connectivity index (χ4v) is 3.01. The molecule has 0 atom stereocenters. The summed E-state index contributed by atoms with van der Waals surface area (Å²) in [5.41, 5.74) is 2.20. The lowest BCUT2D eigenvalue weighted by atomic mass is 10.2. The number of benzene rings is 3. The highest BCUT2D eigenvalue weighted by Crippen LogP contribution is 2.26. The van der Waals surface area contributed by atoms with Crippen LogP contribution in [0.2, 0.25) is 5.02 Å². The fraction of sp³-hybridized carbons (Fsp3) is 0.0909. The van der Waals surface area contributed by atoms with Gasteiger partial charge >= 0.3 is 0 Å². The molecule has 0 unspecified atom stereocenters. The maximum absolute atomic E-state index is 12.1. The Morgan fingerprint density at radius 1 is 0.968 bits per heavy atom. The van der Waals surface area contributed by atoms with Gasteiger partial charge in [0.15, 0.2) is 0 Å². The molecule has 158 valence electrons. The van der Waals surface area contributed by atoms with Crippen LogP contribution >= 0.6 is 11.6 Å². The molecule has 31 heavy (non-hydrogen) atoms. The number of nitrogens with zero attached hydrogens (tertiary/aromatic N) is 1. The number of non-ortho nitro benzene ring substituents is 1. The molecule has 0 aliphatic heterocycles. The molecule has 0 radical (unpaired) electrons. The Bertz CT molecular complexity index is 1110. The van der Waals surface area contributed by atoms with Crippen molar-refractivity contribution in [2.75, 3.05) is 17.2 Å². The summed E-state index contributed by atoms with van der Waals surface area (Å²) in [6, 6.07) is 20.2. The van der Waals surface area contributed by atoms with Crippen molar-refractivity contribution in [1.29, 1.82) is 0 Å². The molecule has 0 aromatic heterocycles. The van der Waals surface area contributed by atoms with Crippen LogP contribution in [-0.2, 0) is 11.3 Å². The van der Waals surface area contributed by atoms with Gasteiger partial charge in [-0.1, -0.05) is 48.0 Å². The van der Waals surface area contributed by atoms with Crippen LogP contribution in [0.25, 0.3) is 0 Å². The molecule has 9 heteroatoms. The van der Waals surface area contributed by atoms with Crippen LogP contribution in [0, 0.1) is 10.1 Å². The van der Waals surface area contributed by atoms with Gasteiger partial charge in [0.1, 0.15) is 0 Å². The quantitative estimate of drug-likeness (QED) is 0.360. The number of anilines is 2. The van der Waals surface area contributed by atoms with Crippen molar-refractivity contribution in [3.8, 4) is 0 Å². The van der Waals surface area contributed by atoms with E-state index in [1.165, 1.54) is 18.2 Å². The second-order valence-corrected chi connectivity index (χ2v) is 6.98. The zero-order valence-electron chi connectivity index (χ0n) is 16.3. The first-order valence-corrected chi connectivity index (χ1v) is 9.70. The average Bonchev–Trinajstić information content (AvgIpc) is 2.77. The third-order valence-electron chi connectivity index (χ3n) is 4.31. The molecule has 3 aromatic rings. The first-order valence-electron chi connectivity index (χ1n) is 9.32. The molecule has 8 nitrogen and oxygen atoms in total. The first kappa shape index (κ1) is 21.8. The Morgan fingerprint density at radius 2 is 1.74 bits per heavy atom. The molecule has 0 bridgehead atoms. The topological polar surface area (TPSA) is 113 Å². The van der Waals surface area contributed by atoms with Gasteiger partial charge in [0.25, 0.3) is 11.6 Å². The average molecular weight is 439 g/mol. The number of carbonyl (C=O) groups is 2. The Labute approximate surface area is 183 Å². The molecule has 0 aliphatic rings. The highest BCUT2D eigenvalue weighted by Gasteiger charge is 2.13. The van der Waals surface area contributed by atoms with E-state index in [0.717, 1.165) is 17.3 Å². The standard InChI is InChI=1S/C22H19ClN4O4/c23-19-12-17(9-10-20(19)24-13-15-5-2-1-3-6-15)26-21(28)14-25-22(29)16-7-4-8-18(11-16)27(30)31/h1-12,24H,13-14H2,(H,25,29)(H,26,28). The van der Waals surface area contributed by atoms with Gasteiger partial charge in [-0.2, -0.15) is 0 Å². The summed E-state index contributed by atoms with van der Waals surface area (Å²) in [4.78, 5) is 34.5. The zero-order valence-corrected chi connectivity index (χ0v) is 17.1. The van der Waals surface area contributed by atoms with Crippen molar-refractivity contribution >= 4 is 40.5 Å². The maximum Gasteiger partial charge on any atom is 0.270 e. The van der Waals surface area contributed by atoms with Gasteiger partial charge in [-0.25, -0.2) is 0 Å². The molecule has 0 aliphatic carbocycles.